The molecule has 7 heteroatoms. The molecule has 1 saturated heterocycles. The molecule has 128 valence electrons. The van der Waals surface area contributed by atoms with E-state index in [1.54, 1.807) is 0 Å². The summed E-state index contributed by atoms with van der Waals surface area (Å²) in [6.45, 7) is 5.85. The fourth-order valence-electron chi connectivity index (χ4n) is 2.64. The van der Waals surface area contributed by atoms with Crippen molar-refractivity contribution in [3.05, 3.63) is 52.1 Å². The first kappa shape index (κ1) is 18.7. The molecule has 1 fully saturated rings. The molecule has 2 heterocycles. The molecule has 0 bridgehead atoms. The van der Waals surface area contributed by atoms with Gasteiger partial charge >= 0.3 is 0 Å². The van der Waals surface area contributed by atoms with Crippen molar-refractivity contribution in [2.45, 2.75) is 6.92 Å². The maximum absolute atomic E-state index is 12.3. The number of anilines is 2. The summed E-state index contributed by atoms with van der Waals surface area (Å²) >= 11 is 3.40. The van der Waals surface area contributed by atoms with Gasteiger partial charge in [-0.1, -0.05) is 15.9 Å². The van der Waals surface area contributed by atoms with Gasteiger partial charge in [-0.15, -0.1) is 12.4 Å². The minimum Gasteiger partial charge on any atom is -0.368 e. The number of hydrogen-bond donors (Lipinski definition) is 2. The van der Waals surface area contributed by atoms with Gasteiger partial charge in [-0.25, -0.2) is 4.98 Å². The summed E-state index contributed by atoms with van der Waals surface area (Å²) in [5, 5.41) is 6.18. The van der Waals surface area contributed by atoms with Gasteiger partial charge in [0.05, 0.1) is 11.9 Å². The van der Waals surface area contributed by atoms with Crippen molar-refractivity contribution >= 4 is 45.7 Å². The third kappa shape index (κ3) is 4.47. The second-order valence-electron chi connectivity index (χ2n) is 5.55. The van der Waals surface area contributed by atoms with Crippen LogP contribution in [-0.2, 0) is 0 Å². The highest BCUT2D eigenvalue weighted by Gasteiger charge is 2.12. The van der Waals surface area contributed by atoms with Crippen LogP contribution in [0.25, 0.3) is 0 Å². The first-order valence-electron chi connectivity index (χ1n) is 7.63. The molecule has 0 radical (unpaired) electrons. The van der Waals surface area contributed by atoms with E-state index in [0.717, 1.165) is 41.9 Å². The largest absolute Gasteiger partial charge is 0.368 e. The van der Waals surface area contributed by atoms with Gasteiger partial charge in [0, 0.05) is 36.2 Å². The molecule has 0 saturated carbocycles. The number of hydrogen-bond acceptors (Lipinski definition) is 4. The lowest BCUT2D eigenvalue weighted by Gasteiger charge is -2.29. The average Bonchev–Trinajstić information content (AvgIpc) is 2.56. The molecule has 1 aliphatic heterocycles. The van der Waals surface area contributed by atoms with Crippen molar-refractivity contribution < 1.29 is 4.79 Å². The van der Waals surface area contributed by atoms with E-state index in [0.29, 0.717) is 11.4 Å². The smallest absolute Gasteiger partial charge is 0.257 e. The number of piperazine rings is 1. The highest BCUT2D eigenvalue weighted by atomic mass is 79.9. The van der Waals surface area contributed by atoms with Crippen molar-refractivity contribution in [2.75, 3.05) is 36.4 Å². The maximum atomic E-state index is 12.3. The summed E-state index contributed by atoms with van der Waals surface area (Å²) in [6, 6.07) is 9.45. The molecule has 1 aromatic carbocycles. The number of nitrogens with zero attached hydrogens (tertiary/aromatic N) is 2. The second-order valence-corrected chi connectivity index (χ2v) is 6.47. The van der Waals surface area contributed by atoms with Gasteiger partial charge in [0.2, 0.25) is 0 Å². The molecule has 0 spiro atoms. The van der Waals surface area contributed by atoms with E-state index in [1.165, 1.54) is 0 Å². The van der Waals surface area contributed by atoms with Crippen molar-refractivity contribution in [1.82, 2.24) is 10.3 Å². The first-order valence-corrected chi connectivity index (χ1v) is 8.42. The molecular formula is C17H20BrClN4O. The van der Waals surface area contributed by atoms with Crippen molar-refractivity contribution in [1.29, 1.82) is 0 Å². The molecule has 1 amide bonds. The number of benzene rings is 1. The summed E-state index contributed by atoms with van der Waals surface area (Å²) in [6.07, 6.45) is 1.81. The summed E-state index contributed by atoms with van der Waals surface area (Å²) in [4.78, 5) is 19.0. The van der Waals surface area contributed by atoms with Gasteiger partial charge in [0.1, 0.15) is 5.82 Å². The van der Waals surface area contributed by atoms with Crippen molar-refractivity contribution in [3.8, 4) is 0 Å². The first-order chi connectivity index (χ1) is 11.1. The van der Waals surface area contributed by atoms with Crippen LogP contribution in [0, 0.1) is 6.92 Å². The molecule has 0 aliphatic carbocycles. The zero-order valence-electron chi connectivity index (χ0n) is 13.4. The van der Waals surface area contributed by atoms with Crippen molar-refractivity contribution in [2.24, 2.45) is 0 Å². The molecular weight excluding hydrogens is 392 g/mol. The normalized spacial score (nSPS) is 14.0. The Bertz CT molecular complexity index is 702. The summed E-state index contributed by atoms with van der Waals surface area (Å²) in [7, 11) is 0. The monoisotopic (exact) mass is 410 g/mol. The molecule has 1 aliphatic rings. The molecule has 2 N–H and O–H groups in total. The maximum Gasteiger partial charge on any atom is 0.257 e. The van der Waals surface area contributed by atoms with Crippen LogP contribution in [0.2, 0.25) is 0 Å². The lowest BCUT2D eigenvalue weighted by molar-refractivity contribution is 0.102. The number of halogens is 2. The number of aryl methyl sites for hydroxylation is 1. The molecule has 3 rings (SSSR count). The Morgan fingerprint density at radius 2 is 2.00 bits per heavy atom. The van der Waals surface area contributed by atoms with Gasteiger partial charge in [-0.05, 0) is 42.8 Å². The molecule has 5 nitrogen and oxygen atoms in total. The number of pyridine rings is 1. The third-order valence-corrected chi connectivity index (χ3v) is 4.40. The van der Waals surface area contributed by atoms with E-state index in [4.69, 9.17) is 0 Å². The number of rotatable bonds is 3. The molecule has 2 aromatic rings. The fraction of sp³-hybridized carbons (Fsp3) is 0.294. The SMILES string of the molecule is Cc1cc(Br)ccc1C(=O)Nc1ccc(N2CCNCC2)cn1.Cl. The lowest BCUT2D eigenvalue weighted by Crippen LogP contribution is -2.43. The molecule has 0 atom stereocenters. The van der Waals surface area contributed by atoms with Crippen LogP contribution in [0.1, 0.15) is 15.9 Å². The van der Waals surface area contributed by atoms with E-state index >= 15 is 0 Å². The van der Waals surface area contributed by atoms with Gasteiger partial charge in [0.15, 0.2) is 0 Å². The van der Waals surface area contributed by atoms with E-state index in [-0.39, 0.29) is 18.3 Å². The van der Waals surface area contributed by atoms with Crippen LogP contribution in [0.3, 0.4) is 0 Å². The van der Waals surface area contributed by atoms with Crippen LogP contribution >= 0.6 is 28.3 Å². The highest BCUT2D eigenvalue weighted by Crippen LogP contribution is 2.19. The van der Waals surface area contributed by atoms with E-state index in [2.05, 4.69) is 36.4 Å². The van der Waals surface area contributed by atoms with Crippen LogP contribution < -0.4 is 15.5 Å². The zero-order chi connectivity index (χ0) is 16.2. The Balaban J connectivity index is 0.00000208. The van der Waals surface area contributed by atoms with E-state index in [9.17, 15) is 4.79 Å². The molecule has 24 heavy (non-hydrogen) atoms. The Morgan fingerprint density at radius 3 is 2.62 bits per heavy atom. The van der Waals surface area contributed by atoms with Gasteiger partial charge < -0.3 is 15.5 Å². The Hall–Kier alpha value is -1.63. The van der Waals surface area contributed by atoms with Crippen molar-refractivity contribution in [3.63, 3.8) is 0 Å². The zero-order valence-corrected chi connectivity index (χ0v) is 15.8. The molecule has 0 unspecified atom stereocenters. The Kier molecular flexibility index (Phi) is 6.60. The third-order valence-electron chi connectivity index (χ3n) is 3.90. The lowest BCUT2D eigenvalue weighted by atomic mass is 10.1. The van der Waals surface area contributed by atoms with Crippen LogP contribution in [-0.4, -0.2) is 37.1 Å². The number of aromatic nitrogens is 1. The standard InChI is InChI=1S/C17H19BrN4O.ClH/c1-12-10-13(18)2-4-15(12)17(23)21-16-5-3-14(11-20-16)22-8-6-19-7-9-22;/h2-5,10-11,19H,6-9H2,1H3,(H,20,21,23);1H. The number of carbonyl (C=O) groups is 1. The van der Waals surface area contributed by atoms with Crippen LogP contribution in [0.4, 0.5) is 11.5 Å². The summed E-state index contributed by atoms with van der Waals surface area (Å²) in [5.41, 5.74) is 2.67. The quantitative estimate of drug-likeness (QED) is 0.814. The number of amides is 1. The van der Waals surface area contributed by atoms with Crippen LogP contribution in [0.15, 0.2) is 41.0 Å². The number of carbonyl (C=O) groups excluding carboxylic acids is 1. The molecule has 1 aromatic heterocycles. The second kappa shape index (κ2) is 8.46. The Labute approximate surface area is 156 Å². The minimum absolute atomic E-state index is 0. The number of nitrogens with one attached hydrogen (secondary N) is 2. The van der Waals surface area contributed by atoms with Gasteiger partial charge in [-0.2, -0.15) is 0 Å². The average molecular weight is 412 g/mol. The predicted octanol–water partition coefficient (Wildman–Crippen LogP) is 3.24. The van der Waals surface area contributed by atoms with Crippen LogP contribution in [0.5, 0.6) is 0 Å². The summed E-state index contributed by atoms with van der Waals surface area (Å²) in [5.74, 6) is 0.425. The Morgan fingerprint density at radius 1 is 1.25 bits per heavy atom. The van der Waals surface area contributed by atoms with E-state index in [1.807, 2.05) is 43.5 Å². The topological polar surface area (TPSA) is 57.3 Å². The predicted molar refractivity (Wildman–Crippen MR) is 103 cm³/mol. The minimum atomic E-state index is -0.141. The fourth-order valence-corrected chi connectivity index (χ4v) is 3.11. The highest BCUT2D eigenvalue weighted by molar-refractivity contribution is 9.10. The van der Waals surface area contributed by atoms with Gasteiger partial charge in [-0.3, -0.25) is 4.79 Å². The van der Waals surface area contributed by atoms with E-state index < -0.39 is 0 Å². The van der Waals surface area contributed by atoms with Gasteiger partial charge in [0.25, 0.3) is 5.91 Å². The summed E-state index contributed by atoms with van der Waals surface area (Å²) < 4.78 is 0.963.